The number of aromatic amines is 1. The number of amides is 1. The Morgan fingerprint density at radius 1 is 1.03 bits per heavy atom. The van der Waals surface area contributed by atoms with E-state index >= 15 is 0 Å². The molecular weight excluding hydrogens is 399 g/mol. The van der Waals surface area contributed by atoms with Gasteiger partial charge in [0, 0.05) is 13.1 Å². The van der Waals surface area contributed by atoms with Crippen LogP contribution >= 0.6 is 11.8 Å². The number of nitrogens with zero attached hydrogens (tertiary/aromatic N) is 3. The fourth-order valence-electron chi connectivity index (χ4n) is 3.41. The van der Waals surface area contributed by atoms with Crippen LogP contribution in [0, 0.1) is 5.82 Å². The molecule has 0 spiro atoms. The van der Waals surface area contributed by atoms with Gasteiger partial charge in [0.1, 0.15) is 16.9 Å². The molecular formula is C23H23FN4OS. The van der Waals surface area contributed by atoms with Crippen LogP contribution in [0.4, 0.5) is 4.39 Å². The standard InChI is InChI=1S/C23H23FN4OS/c24-19-12-9-17(10-13-19)11-14-20-25-23(27-26-20)30-21(18-7-3-1-4-8-18)22(29)28-15-5-2-6-16-28/h1,3-4,7-14,21H,2,5-6,15-16H2,(H,25,26,27)/b14-11-/t21-/m0/s1. The normalized spacial score (nSPS) is 15.4. The first-order valence-electron chi connectivity index (χ1n) is 10.1. The predicted octanol–water partition coefficient (Wildman–Crippen LogP) is 4.96. The lowest BCUT2D eigenvalue weighted by molar-refractivity contribution is -0.131. The number of piperidine rings is 1. The van der Waals surface area contributed by atoms with Crippen LogP contribution in [0.1, 0.15) is 41.5 Å². The quantitative estimate of drug-likeness (QED) is 0.571. The zero-order valence-corrected chi connectivity index (χ0v) is 17.3. The molecule has 3 aromatic rings. The summed E-state index contributed by atoms with van der Waals surface area (Å²) in [7, 11) is 0. The second-order valence-electron chi connectivity index (χ2n) is 7.18. The van der Waals surface area contributed by atoms with Crippen molar-refractivity contribution in [2.75, 3.05) is 13.1 Å². The van der Waals surface area contributed by atoms with Crippen LogP contribution in [-0.2, 0) is 4.79 Å². The van der Waals surface area contributed by atoms with Crippen LogP contribution in [0.5, 0.6) is 0 Å². The van der Waals surface area contributed by atoms with Crippen molar-refractivity contribution in [3.8, 4) is 0 Å². The summed E-state index contributed by atoms with van der Waals surface area (Å²) in [5.74, 6) is 0.425. The van der Waals surface area contributed by atoms with Crippen molar-refractivity contribution < 1.29 is 9.18 Å². The Morgan fingerprint density at radius 2 is 1.77 bits per heavy atom. The van der Waals surface area contributed by atoms with Gasteiger partial charge in [-0.1, -0.05) is 60.3 Å². The summed E-state index contributed by atoms with van der Waals surface area (Å²) in [6.45, 7) is 1.62. The molecule has 0 saturated carbocycles. The summed E-state index contributed by atoms with van der Waals surface area (Å²) < 4.78 is 13.0. The molecule has 2 heterocycles. The molecule has 1 aliphatic heterocycles. The Morgan fingerprint density at radius 3 is 2.50 bits per heavy atom. The maximum Gasteiger partial charge on any atom is 0.240 e. The van der Waals surface area contributed by atoms with Crippen molar-refractivity contribution in [3.63, 3.8) is 0 Å². The van der Waals surface area contributed by atoms with Crippen LogP contribution in [0.25, 0.3) is 12.2 Å². The molecule has 1 aromatic heterocycles. The summed E-state index contributed by atoms with van der Waals surface area (Å²) in [6.07, 6.45) is 6.90. The van der Waals surface area contributed by atoms with Gasteiger partial charge in [0.05, 0.1) is 0 Å². The van der Waals surface area contributed by atoms with Gasteiger partial charge in [-0.3, -0.25) is 9.89 Å². The number of hydrogen-bond acceptors (Lipinski definition) is 4. The lowest BCUT2D eigenvalue weighted by atomic mass is 10.1. The van der Waals surface area contributed by atoms with Gasteiger partial charge >= 0.3 is 0 Å². The first kappa shape index (κ1) is 20.3. The van der Waals surface area contributed by atoms with E-state index in [9.17, 15) is 9.18 Å². The van der Waals surface area contributed by atoms with E-state index in [4.69, 9.17) is 0 Å². The summed E-state index contributed by atoms with van der Waals surface area (Å²) in [5.41, 5.74) is 1.82. The average Bonchev–Trinajstić information content (AvgIpc) is 3.25. The van der Waals surface area contributed by atoms with E-state index in [2.05, 4.69) is 15.2 Å². The minimum Gasteiger partial charge on any atom is -0.341 e. The van der Waals surface area contributed by atoms with Crippen LogP contribution in [0.2, 0.25) is 0 Å². The van der Waals surface area contributed by atoms with Crippen molar-refractivity contribution in [1.82, 2.24) is 20.1 Å². The van der Waals surface area contributed by atoms with Crippen molar-refractivity contribution >= 4 is 29.8 Å². The fourth-order valence-corrected chi connectivity index (χ4v) is 4.41. The van der Waals surface area contributed by atoms with Crippen molar-refractivity contribution in [3.05, 3.63) is 77.4 Å². The summed E-state index contributed by atoms with van der Waals surface area (Å²) >= 11 is 1.36. The van der Waals surface area contributed by atoms with Crippen molar-refractivity contribution in [2.45, 2.75) is 29.7 Å². The average molecular weight is 423 g/mol. The van der Waals surface area contributed by atoms with Gasteiger partial charge in [0.2, 0.25) is 11.1 Å². The van der Waals surface area contributed by atoms with Gasteiger partial charge in [-0.25, -0.2) is 9.37 Å². The Balaban J connectivity index is 1.50. The second kappa shape index (κ2) is 9.71. The molecule has 5 nitrogen and oxygen atoms in total. The summed E-state index contributed by atoms with van der Waals surface area (Å²) in [6, 6.07) is 16.0. The third kappa shape index (κ3) is 5.16. The van der Waals surface area contributed by atoms with E-state index < -0.39 is 0 Å². The first-order valence-corrected chi connectivity index (χ1v) is 10.9. The number of carbonyl (C=O) groups is 1. The molecule has 0 unspecified atom stereocenters. The van der Waals surface area contributed by atoms with E-state index in [1.807, 2.05) is 41.3 Å². The lowest BCUT2D eigenvalue weighted by Crippen LogP contribution is -2.38. The SMILES string of the molecule is O=C([C@@H](Sc1n[nH]c(/C=C\c2ccc(F)cc2)n1)c1ccccc1)N1CCCCC1. The van der Waals surface area contributed by atoms with Gasteiger partial charge < -0.3 is 4.90 Å². The molecule has 0 radical (unpaired) electrons. The van der Waals surface area contributed by atoms with Crippen LogP contribution in [0.15, 0.2) is 59.8 Å². The second-order valence-corrected chi connectivity index (χ2v) is 8.25. The van der Waals surface area contributed by atoms with Crippen molar-refractivity contribution in [1.29, 1.82) is 0 Å². The van der Waals surface area contributed by atoms with Crippen LogP contribution < -0.4 is 0 Å². The number of nitrogens with one attached hydrogen (secondary N) is 1. The third-order valence-electron chi connectivity index (χ3n) is 5.00. The van der Waals surface area contributed by atoms with Crippen LogP contribution in [-0.4, -0.2) is 39.1 Å². The molecule has 154 valence electrons. The Hall–Kier alpha value is -2.93. The zero-order chi connectivity index (χ0) is 20.8. The highest BCUT2D eigenvalue weighted by Gasteiger charge is 2.29. The maximum absolute atomic E-state index is 13.2. The molecule has 1 fully saturated rings. The number of likely N-dealkylation sites (tertiary alicyclic amines) is 1. The van der Waals surface area contributed by atoms with Gasteiger partial charge in [-0.05, 0) is 48.6 Å². The fraction of sp³-hybridized carbons (Fsp3) is 0.261. The first-order chi connectivity index (χ1) is 14.7. The van der Waals surface area contributed by atoms with E-state index in [0.29, 0.717) is 11.0 Å². The topological polar surface area (TPSA) is 61.9 Å². The number of halogens is 1. The number of thioether (sulfide) groups is 1. The Kier molecular flexibility index (Phi) is 6.59. The molecule has 0 bridgehead atoms. The van der Waals surface area contributed by atoms with Gasteiger partial charge in [-0.15, -0.1) is 5.10 Å². The zero-order valence-electron chi connectivity index (χ0n) is 16.5. The Labute approximate surface area is 179 Å². The number of hydrogen-bond donors (Lipinski definition) is 1. The minimum absolute atomic E-state index is 0.110. The summed E-state index contributed by atoms with van der Waals surface area (Å²) in [4.78, 5) is 19.7. The van der Waals surface area contributed by atoms with Gasteiger partial charge in [0.25, 0.3) is 0 Å². The number of benzene rings is 2. The molecule has 2 aromatic carbocycles. The number of carbonyl (C=O) groups excluding carboxylic acids is 1. The molecule has 1 saturated heterocycles. The molecule has 0 aliphatic carbocycles. The predicted molar refractivity (Wildman–Crippen MR) is 117 cm³/mol. The molecule has 1 N–H and O–H groups in total. The van der Waals surface area contributed by atoms with Gasteiger partial charge in [-0.2, -0.15) is 0 Å². The minimum atomic E-state index is -0.381. The lowest BCUT2D eigenvalue weighted by Gasteiger charge is -2.30. The monoisotopic (exact) mass is 422 g/mol. The molecule has 1 amide bonds. The highest BCUT2D eigenvalue weighted by atomic mass is 32.2. The third-order valence-corrected chi connectivity index (χ3v) is 6.11. The molecule has 1 aliphatic rings. The number of H-pyrrole nitrogens is 1. The summed E-state index contributed by atoms with van der Waals surface area (Å²) in [5, 5.41) is 7.32. The number of aromatic nitrogens is 3. The smallest absolute Gasteiger partial charge is 0.240 e. The van der Waals surface area contributed by atoms with Crippen LogP contribution in [0.3, 0.4) is 0 Å². The molecule has 7 heteroatoms. The molecule has 1 atom stereocenters. The highest BCUT2D eigenvalue weighted by Crippen LogP contribution is 2.35. The van der Waals surface area contributed by atoms with E-state index in [-0.39, 0.29) is 17.0 Å². The van der Waals surface area contributed by atoms with Crippen molar-refractivity contribution in [2.24, 2.45) is 0 Å². The largest absolute Gasteiger partial charge is 0.341 e. The maximum atomic E-state index is 13.2. The van der Waals surface area contributed by atoms with E-state index in [1.165, 1.54) is 30.3 Å². The molecule has 4 rings (SSSR count). The van der Waals surface area contributed by atoms with E-state index in [1.54, 1.807) is 18.2 Å². The molecule has 30 heavy (non-hydrogen) atoms. The Bertz CT molecular complexity index is 998. The number of rotatable bonds is 6. The highest BCUT2D eigenvalue weighted by molar-refractivity contribution is 8.00. The van der Waals surface area contributed by atoms with E-state index in [0.717, 1.165) is 37.1 Å². The van der Waals surface area contributed by atoms with Gasteiger partial charge in [0.15, 0.2) is 0 Å².